The molecule has 0 amide bonds. The van der Waals surface area contributed by atoms with Crippen LogP contribution in [-0.4, -0.2) is 11.3 Å². The Morgan fingerprint density at radius 2 is 1.04 bits per heavy atom. The van der Waals surface area contributed by atoms with E-state index in [0.717, 1.165) is 56.7 Å². The summed E-state index contributed by atoms with van der Waals surface area (Å²) in [6.07, 6.45) is 0. The van der Waals surface area contributed by atoms with Crippen molar-refractivity contribution in [2.45, 2.75) is 0 Å². The van der Waals surface area contributed by atoms with E-state index >= 15 is 0 Å². The Balaban J connectivity index is 1.19. The Kier molecular flexibility index (Phi) is 4.89. The van der Waals surface area contributed by atoms with Gasteiger partial charge in [-0.15, -0.1) is 0 Å². The first-order chi connectivity index (χ1) is 23.3. The molecule has 47 heavy (non-hydrogen) atoms. The van der Waals surface area contributed by atoms with E-state index in [1.165, 1.54) is 38.3 Å². The van der Waals surface area contributed by atoms with E-state index in [0.29, 0.717) is 0 Å². The zero-order valence-corrected chi connectivity index (χ0v) is 25.2. The van der Waals surface area contributed by atoms with Crippen LogP contribution in [-0.2, 0) is 0 Å². The van der Waals surface area contributed by atoms with E-state index in [9.17, 15) is 0 Å². The molecule has 0 bridgehead atoms. The quantitative estimate of drug-likeness (QED) is 0.190. The molecule has 3 aliphatic rings. The number of anilines is 3. The van der Waals surface area contributed by atoms with Crippen LogP contribution < -0.4 is 30.8 Å². The lowest BCUT2D eigenvalue weighted by molar-refractivity contribution is 0.464. The van der Waals surface area contributed by atoms with Gasteiger partial charge in [-0.1, -0.05) is 97.1 Å². The highest BCUT2D eigenvalue weighted by Crippen LogP contribution is 2.47. The molecule has 4 nitrogen and oxygen atoms in total. The summed E-state index contributed by atoms with van der Waals surface area (Å²) in [5.41, 5.74) is 12.5. The monoisotopic (exact) mass is 600 g/mol. The SMILES string of the molecule is c1ccc(-c2cccc3c4ccccc4n(-c4cc5c6c(c4)Oc4cccc7c4B6c4c(cccc4N7c4ccccc4)O5)c23)cc1. The van der Waals surface area contributed by atoms with Crippen LogP contribution >= 0.6 is 0 Å². The highest BCUT2D eigenvalue weighted by molar-refractivity contribution is 7.00. The molecule has 0 atom stereocenters. The second kappa shape index (κ2) is 9.18. The van der Waals surface area contributed by atoms with Crippen LogP contribution in [0.5, 0.6) is 23.0 Å². The summed E-state index contributed by atoms with van der Waals surface area (Å²) in [5.74, 6) is 3.45. The number of ether oxygens (including phenoxy) is 2. The van der Waals surface area contributed by atoms with E-state index in [2.05, 4.69) is 161 Å². The van der Waals surface area contributed by atoms with Gasteiger partial charge in [-0.3, -0.25) is 0 Å². The van der Waals surface area contributed by atoms with Crippen molar-refractivity contribution in [1.82, 2.24) is 4.57 Å². The van der Waals surface area contributed by atoms with E-state index < -0.39 is 0 Å². The van der Waals surface area contributed by atoms with Gasteiger partial charge in [-0.05, 0) is 59.0 Å². The molecule has 0 radical (unpaired) electrons. The predicted molar refractivity (Wildman–Crippen MR) is 192 cm³/mol. The number of hydrogen-bond donors (Lipinski definition) is 0. The van der Waals surface area contributed by atoms with Crippen LogP contribution in [0.15, 0.2) is 152 Å². The molecule has 0 aliphatic carbocycles. The molecule has 11 rings (SSSR count). The minimum absolute atomic E-state index is 0.00643. The first kappa shape index (κ1) is 25.0. The van der Waals surface area contributed by atoms with Crippen LogP contribution in [0.1, 0.15) is 0 Å². The van der Waals surface area contributed by atoms with Crippen molar-refractivity contribution in [2.75, 3.05) is 4.90 Å². The van der Waals surface area contributed by atoms with Gasteiger partial charge in [0, 0.05) is 51.0 Å². The van der Waals surface area contributed by atoms with Gasteiger partial charge in [0.2, 0.25) is 0 Å². The maximum atomic E-state index is 6.89. The third-order valence-electron chi connectivity index (χ3n) is 10.0. The van der Waals surface area contributed by atoms with Crippen molar-refractivity contribution in [1.29, 1.82) is 0 Å². The molecule has 8 aromatic rings. The second-order valence-electron chi connectivity index (χ2n) is 12.5. The summed E-state index contributed by atoms with van der Waals surface area (Å²) in [4.78, 5) is 2.34. The first-order valence-electron chi connectivity index (χ1n) is 16.1. The van der Waals surface area contributed by atoms with Crippen molar-refractivity contribution in [3.63, 3.8) is 0 Å². The molecule has 0 N–H and O–H groups in total. The Morgan fingerprint density at radius 1 is 0.447 bits per heavy atom. The largest absolute Gasteiger partial charge is 0.458 e. The highest BCUT2D eigenvalue weighted by Gasteiger charge is 2.47. The third kappa shape index (κ3) is 3.32. The van der Waals surface area contributed by atoms with Crippen LogP contribution in [0.4, 0.5) is 17.1 Å². The minimum atomic E-state index is 0.00643. The van der Waals surface area contributed by atoms with Crippen molar-refractivity contribution in [3.8, 4) is 39.8 Å². The number of para-hydroxylation sites is 3. The number of benzene rings is 7. The zero-order valence-electron chi connectivity index (χ0n) is 25.2. The molecular weight excluding hydrogens is 575 g/mol. The molecule has 3 aliphatic heterocycles. The van der Waals surface area contributed by atoms with Crippen molar-refractivity contribution < 1.29 is 9.47 Å². The van der Waals surface area contributed by atoms with Gasteiger partial charge in [-0.2, -0.15) is 0 Å². The molecule has 0 spiro atoms. The Labute approximate surface area is 271 Å². The van der Waals surface area contributed by atoms with Gasteiger partial charge in [0.25, 0.3) is 6.71 Å². The summed E-state index contributed by atoms with van der Waals surface area (Å²) in [5, 5.41) is 2.43. The molecule has 7 aromatic carbocycles. The lowest BCUT2D eigenvalue weighted by atomic mass is 9.33. The fourth-order valence-electron chi connectivity index (χ4n) is 8.18. The van der Waals surface area contributed by atoms with Crippen molar-refractivity contribution in [3.05, 3.63) is 152 Å². The van der Waals surface area contributed by atoms with Gasteiger partial charge >= 0.3 is 0 Å². The Morgan fingerprint density at radius 3 is 1.74 bits per heavy atom. The standard InChI is InChI=1S/C42H25BN2O2/c1-3-12-26(13-4-1)29-17-9-18-31-30-16-7-8-19-32(30)45(42(29)31)28-24-37-41-38(25-28)47-36-23-11-21-34-40(36)43(41)39-33(20-10-22-35(39)46-37)44(34)27-14-5-2-6-15-27/h1-25H. The predicted octanol–water partition coefficient (Wildman–Crippen LogP) is 8.96. The number of aromatic nitrogens is 1. The number of rotatable bonds is 3. The Bertz CT molecular complexity index is 2510. The maximum absolute atomic E-state index is 6.89. The minimum Gasteiger partial charge on any atom is -0.458 e. The fraction of sp³-hybridized carbons (Fsp3) is 0. The third-order valence-corrected chi connectivity index (χ3v) is 10.0. The molecule has 5 heteroatoms. The van der Waals surface area contributed by atoms with Gasteiger partial charge in [-0.25, -0.2) is 0 Å². The highest BCUT2D eigenvalue weighted by atomic mass is 16.5. The number of fused-ring (bicyclic) bond motifs is 3. The van der Waals surface area contributed by atoms with Crippen LogP contribution in [0.25, 0.3) is 38.6 Å². The van der Waals surface area contributed by atoms with E-state index in [-0.39, 0.29) is 6.71 Å². The molecule has 4 heterocycles. The smallest absolute Gasteiger partial charge is 0.266 e. The molecular formula is C42H25BN2O2. The topological polar surface area (TPSA) is 26.6 Å². The van der Waals surface area contributed by atoms with Gasteiger partial charge in [0.15, 0.2) is 0 Å². The molecule has 1 aromatic heterocycles. The normalized spacial score (nSPS) is 13.4. The second-order valence-corrected chi connectivity index (χ2v) is 12.5. The summed E-state index contributed by atoms with van der Waals surface area (Å²) >= 11 is 0. The molecule has 0 saturated carbocycles. The number of hydrogen-bond acceptors (Lipinski definition) is 3. The van der Waals surface area contributed by atoms with Crippen molar-refractivity contribution in [2.24, 2.45) is 0 Å². The molecule has 0 fully saturated rings. The van der Waals surface area contributed by atoms with Crippen LogP contribution in [0.3, 0.4) is 0 Å². The first-order valence-corrected chi connectivity index (χ1v) is 16.1. The molecule has 218 valence electrons. The lowest BCUT2D eigenvalue weighted by Crippen LogP contribution is -2.61. The van der Waals surface area contributed by atoms with E-state index in [1.54, 1.807) is 0 Å². The Hall–Kier alpha value is -6.20. The average Bonchev–Trinajstić information content (AvgIpc) is 3.47. The average molecular weight is 600 g/mol. The summed E-state index contributed by atoms with van der Waals surface area (Å²) < 4.78 is 16.2. The van der Waals surface area contributed by atoms with Gasteiger partial charge in [0.05, 0.1) is 16.7 Å². The zero-order chi connectivity index (χ0) is 30.6. The molecule has 0 saturated heterocycles. The van der Waals surface area contributed by atoms with E-state index in [4.69, 9.17) is 9.47 Å². The summed E-state index contributed by atoms with van der Waals surface area (Å²) in [6.45, 7) is 0.00643. The van der Waals surface area contributed by atoms with Crippen molar-refractivity contribution >= 4 is 62.0 Å². The maximum Gasteiger partial charge on any atom is 0.266 e. The van der Waals surface area contributed by atoms with Gasteiger partial charge in [0.1, 0.15) is 23.0 Å². The molecule has 0 unspecified atom stereocenters. The van der Waals surface area contributed by atoms with Gasteiger partial charge < -0.3 is 18.9 Å². The number of nitrogens with zero attached hydrogens (tertiary/aromatic N) is 2. The summed E-state index contributed by atoms with van der Waals surface area (Å²) in [7, 11) is 0. The lowest BCUT2D eigenvalue weighted by Gasteiger charge is -2.42. The summed E-state index contributed by atoms with van der Waals surface area (Å²) in [6, 6.07) is 53.7. The van der Waals surface area contributed by atoms with Crippen LogP contribution in [0, 0.1) is 0 Å². The fourth-order valence-corrected chi connectivity index (χ4v) is 8.18. The van der Waals surface area contributed by atoms with E-state index in [1.807, 2.05) is 0 Å². The van der Waals surface area contributed by atoms with Crippen LogP contribution in [0.2, 0.25) is 0 Å².